The van der Waals surface area contributed by atoms with Gasteiger partial charge >= 0.3 is 0 Å². The van der Waals surface area contributed by atoms with Crippen LogP contribution < -0.4 is 5.73 Å². The molecule has 1 fully saturated rings. The highest BCUT2D eigenvalue weighted by molar-refractivity contribution is 7.91. The van der Waals surface area contributed by atoms with Gasteiger partial charge in [0, 0.05) is 7.11 Å². The van der Waals surface area contributed by atoms with Crippen molar-refractivity contribution in [1.29, 1.82) is 0 Å². The number of sulfone groups is 1. The number of rotatable bonds is 4. The lowest BCUT2D eigenvalue weighted by molar-refractivity contribution is -0.267. The fourth-order valence-corrected chi connectivity index (χ4v) is 4.47. The third kappa shape index (κ3) is 3.28. The number of methoxy groups -OCH3 is 1. The fourth-order valence-electron chi connectivity index (χ4n) is 3.19. The Labute approximate surface area is 153 Å². The van der Waals surface area contributed by atoms with Gasteiger partial charge in [0.2, 0.25) is 9.84 Å². The van der Waals surface area contributed by atoms with Gasteiger partial charge in [-0.3, -0.25) is 0 Å². The molecule has 26 heavy (non-hydrogen) atoms. The smallest absolute Gasteiger partial charge is 0.206 e. The van der Waals surface area contributed by atoms with Crippen LogP contribution in [-0.2, 0) is 24.9 Å². The van der Waals surface area contributed by atoms with Crippen LogP contribution in [0.25, 0.3) is 0 Å². The molecule has 6 nitrogen and oxygen atoms in total. The Hall–Kier alpha value is -1.77. The standard InChI is InChI=1S/C19H23NO5S/c1-19(17(21)12-16(20)18(24-2)25-19)13-8-10-15(11-9-13)26(22,23)14-6-4-3-5-7-14/h3-11,16-18,21H,12,20H2,1-2H3/t16-,17+,18-,19+/m1/s1. The Morgan fingerprint density at radius 3 is 2.27 bits per heavy atom. The van der Waals surface area contributed by atoms with Crippen LogP contribution in [0, 0.1) is 0 Å². The van der Waals surface area contributed by atoms with Crippen molar-refractivity contribution in [2.75, 3.05) is 7.11 Å². The van der Waals surface area contributed by atoms with Gasteiger partial charge in [0.25, 0.3) is 0 Å². The minimum Gasteiger partial charge on any atom is -0.390 e. The molecule has 0 aromatic heterocycles. The van der Waals surface area contributed by atoms with Crippen LogP contribution in [0.5, 0.6) is 0 Å². The van der Waals surface area contributed by atoms with E-state index in [4.69, 9.17) is 15.2 Å². The normalized spacial score (nSPS) is 29.5. The highest BCUT2D eigenvalue weighted by Crippen LogP contribution is 2.38. The van der Waals surface area contributed by atoms with E-state index in [1.807, 2.05) is 0 Å². The SMILES string of the molecule is CO[C@@H]1O[C@@](C)(c2ccc(S(=O)(=O)c3ccccc3)cc2)[C@@H](O)C[C@H]1N. The number of nitrogens with two attached hydrogens (primary N) is 1. The Balaban J connectivity index is 1.92. The van der Waals surface area contributed by atoms with Crippen LogP contribution in [0.15, 0.2) is 64.4 Å². The van der Waals surface area contributed by atoms with Crippen molar-refractivity contribution in [2.24, 2.45) is 5.73 Å². The van der Waals surface area contributed by atoms with Crippen molar-refractivity contribution in [3.63, 3.8) is 0 Å². The number of hydrogen-bond donors (Lipinski definition) is 2. The Bertz CT molecular complexity index is 853. The van der Waals surface area contributed by atoms with Crippen molar-refractivity contribution in [3.05, 3.63) is 60.2 Å². The number of hydrogen-bond acceptors (Lipinski definition) is 6. The van der Waals surface area contributed by atoms with Gasteiger partial charge < -0.3 is 20.3 Å². The first-order chi connectivity index (χ1) is 12.3. The van der Waals surface area contributed by atoms with Gasteiger partial charge in [0.1, 0.15) is 5.60 Å². The van der Waals surface area contributed by atoms with Gasteiger partial charge in [-0.05, 0) is 43.2 Å². The van der Waals surface area contributed by atoms with Crippen LogP contribution >= 0.6 is 0 Å². The Morgan fingerprint density at radius 1 is 1.12 bits per heavy atom. The van der Waals surface area contributed by atoms with Gasteiger partial charge in [-0.1, -0.05) is 30.3 Å². The summed E-state index contributed by atoms with van der Waals surface area (Å²) >= 11 is 0. The topological polar surface area (TPSA) is 98.8 Å². The average Bonchev–Trinajstić information content (AvgIpc) is 2.65. The van der Waals surface area contributed by atoms with E-state index in [-0.39, 0.29) is 9.79 Å². The summed E-state index contributed by atoms with van der Waals surface area (Å²) in [6, 6.07) is 14.2. The van der Waals surface area contributed by atoms with E-state index in [0.717, 1.165) is 0 Å². The molecule has 1 heterocycles. The molecule has 140 valence electrons. The molecule has 2 aromatic carbocycles. The first-order valence-corrected chi connectivity index (χ1v) is 9.82. The molecule has 0 unspecified atom stereocenters. The van der Waals surface area contributed by atoms with Crippen LogP contribution in [0.4, 0.5) is 0 Å². The van der Waals surface area contributed by atoms with E-state index in [0.29, 0.717) is 12.0 Å². The van der Waals surface area contributed by atoms with E-state index in [1.54, 1.807) is 49.4 Å². The predicted molar refractivity (Wildman–Crippen MR) is 96.2 cm³/mol. The number of aliphatic hydroxyl groups is 1. The zero-order valence-corrected chi connectivity index (χ0v) is 15.5. The molecular formula is C19H23NO5S. The van der Waals surface area contributed by atoms with Crippen LogP contribution in [0.2, 0.25) is 0 Å². The van der Waals surface area contributed by atoms with Crippen molar-refractivity contribution in [1.82, 2.24) is 0 Å². The lowest BCUT2D eigenvalue weighted by Gasteiger charge is -2.44. The summed E-state index contributed by atoms with van der Waals surface area (Å²) in [7, 11) is -2.09. The highest BCUT2D eigenvalue weighted by Gasteiger charge is 2.45. The lowest BCUT2D eigenvalue weighted by Crippen LogP contribution is -2.56. The van der Waals surface area contributed by atoms with Crippen LogP contribution in [0.1, 0.15) is 18.9 Å². The first-order valence-electron chi connectivity index (χ1n) is 8.34. The largest absolute Gasteiger partial charge is 0.390 e. The summed E-state index contributed by atoms with van der Waals surface area (Å²) < 4.78 is 36.5. The molecule has 2 aromatic rings. The van der Waals surface area contributed by atoms with E-state index < -0.39 is 33.9 Å². The molecule has 3 N–H and O–H groups in total. The second-order valence-corrected chi connectivity index (χ2v) is 8.53. The minimum atomic E-state index is -3.59. The third-order valence-corrected chi connectivity index (χ3v) is 6.65. The molecule has 1 saturated heterocycles. The van der Waals surface area contributed by atoms with Crippen LogP contribution in [0.3, 0.4) is 0 Å². The molecule has 3 rings (SSSR count). The fraction of sp³-hybridized carbons (Fsp3) is 0.368. The summed E-state index contributed by atoms with van der Waals surface area (Å²) in [6.07, 6.45) is -1.16. The summed E-state index contributed by atoms with van der Waals surface area (Å²) in [5.74, 6) is 0. The molecule has 0 radical (unpaired) electrons. The van der Waals surface area contributed by atoms with E-state index >= 15 is 0 Å². The zero-order valence-electron chi connectivity index (χ0n) is 14.7. The minimum absolute atomic E-state index is 0.182. The van der Waals surface area contributed by atoms with Gasteiger partial charge in [0.05, 0.1) is 21.9 Å². The van der Waals surface area contributed by atoms with E-state index in [2.05, 4.69) is 0 Å². The van der Waals surface area contributed by atoms with E-state index in [9.17, 15) is 13.5 Å². The van der Waals surface area contributed by atoms with Gasteiger partial charge in [-0.15, -0.1) is 0 Å². The van der Waals surface area contributed by atoms with Crippen LogP contribution in [-0.4, -0.2) is 39.1 Å². The summed E-state index contributed by atoms with van der Waals surface area (Å²) in [5, 5.41) is 10.5. The van der Waals surface area contributed by atoms with Crippen molar-refractivity contribution in [2.45, 2.75) is 47.2 Å². The lowest BCUT2D eigenvalue weighted by atomic mass is 9.84. The molecule has 1 aliphatic rings. The Morgan fingerprint density at radius 2 is 1.69 bits per heavy atom. The Kier molecular flexibility index (Phi) is 5.18. The first kappa shape index (κ1) is 19.0. The van der Waals surface area contributed by atoms with Crippen molar-refractivity contribution in [3.8, 4) is 0 Å². The van der Waals surface area contributed by atoms with Crippen molar-refractivity contribution >= 4 is 9.84 Å². The summed E-state index contributed by atoms with van der Waals surface area (Å²) in [4.78, 5) is 0.416. The quantitative estimate of drug-likeness (QED) is 0.843. The average molecular weight is 377 g/mol. The highest BCUT2D eigenvalue weighted by atomic mass is 32.2. The third-order valence-electron chi connectivity index (χ3n) is 4.87. The molecule has 0 spiro atoms. The van der Waals surface area contributed by atoms with Gasteiger partial charge in [-0.2, -0.15) is 0 Å². The zero-order chi connectivity index (χ0) is 18.9. The number of benzene rings is 2. The molecule has 0 aliphatic carbocycles. The van der Waals surface area contributed by atoms with E-state index in [1.165, 1.54) is 19.2 Å². The van der Waals surface area contributed by atoms with Crippen molar-refractivity contribution < 1.29 is 23.0 Å². The maximum absolute atomic E-state index is 12.7. The monoisotopic (exact) mass is 377 g/mol. The second-order valence-electron chi connectivity index (χ2n) is 6.59. The van der Waals surface area contributed by atoms with Gasteiger partial charge in [-0.25, -0.2) is 8.42 Å². The molecular weight excluding hydrogens is 354 g/mol. The maximum Gasteiger partial charge on any atom is 0.206 e. The number of aliphatic hydroxyl groups excluding tert-OH is 1. The summed E-state index contributed by atoms with van der Waals surface area (Å²) in [5.41, 5.74) is 5.56. The predicted octanol–water partition coefficient (Wildman–Crippen LogP) is 1.82. The molecule has 0 saturated carbocycles. The molecule has 7 heteroatoms. The second kappa shape index (κ2) is 7.09. The maximum atomic E-state index is 12.7. The molecule has 0 amide bonds. The molecule has 4 atom stereocenters. The number of ether oxygens (including phenoxy) is 2. The van der Waals surface area contributed by atoms with Gasteiger partial charge in [0.15, 0.2) is 6.29 Å². The molecule has 0 bridgehead atoms. The summed E-state index contributed by atoms with van der Waals surface area (Å²) in [6.45, 7) is 1.75. The molecule has 1 aliphatic heterocycles.